The third kappa shape index (κ3) is 3.49. The molecule has 0 aromatic rings. The minimum Gasteiger partial charge on any atom is -0.465 e. The lowest BCUT2D eigenvalue weighted by molar-refractivity contribution is 0.177. The second kappa shape index (κ2) is 3.81. The summed E-state index contributed by atoms with van der Waals surface area (Å²) in [5.74, 6) is 0.613. The Labute approximate surface area is 78.8 Å². The lowest BCUT2D eigenvalue weighted by Crippen LogP contribution is -2.43. The van der Waals surface area contributed by atoms with Gasteiger partial charge in [-0.15, -0.1) is 0 Å². The second-order valence-corrected chi connectivity index (χ2v) is 4.33. The predicted molar refractivity (Wildman–Crippen MR) is 51.7 cm³/mol. The van der Waals surface area contributed by atoms with Crippen LogP contribution in [0.3, 0.4) is 0 Å². The van der Waals surface area contributed by atoms with Gasteiger partial charge in [-0.05, 0) is 39.0 Å². The maximum Gasteiger partial charge on any atom is 0.405 e. The summed E-state index contributed by atoms with van der Waals surface area (Å²) in [5, 5.41) is 11.1. The fraction of sp³-hybridized carbons (Fsp3) is 0.700. The van der Waals surface area contributed by atoms with Crippen LogP contribution >= 0.6 is 0 Å². The maximum atomic E-state index is 10.5. The van der Waals surface area contributed by atoms with Gasteiger partial charge in [0, 0.05) is 5.54 Å². The summed E-state index contributed by atoms with van der Waals surface area (Å²) in [6.07, 6.45) is 6.49. The van der Waals surface area contributed by atoms with E-state index in [-0.39, 0.29) is 5.54 Å². The van der Waals surface area contributed by atoms with Gasteiger partial charge in [-0.25, -0.2) is 4.79 Å². The van der Waals surface area contributed by atoms with Crippen molar-refractivity contribution in [1.29, 1.82) is 0 Å². The van der Waals surface area contributed by atoms with Crippen LogP contribution in [-0.4, -0.2) is 16.7 Å². The predicted octanol–water partition coefficient (Wildman–Crippen LogP) is 2.39. The number of carboxylic acid groups (broad SMARTS) is 1. The smallest absolute Gasteiger partial charge is 0.405 e. The number of hydrogen-bond donors (Lipinski definition) is 2. The van der Waals surface area contributed by atoms with Gasteiger partial charge >= 0.3 is 6.09 Å². The van der Waals surface area contributed by atoms with Crippen LogP contribution in [0.2, 0.25) is 0 Å². The summed E-state index contributed by atoms with van der Waals surface area (Å²) in [7, 11) is 0. The van der Waals surface area contributed by atoms with Crippen LogP contribution < -0.4 is 5.32 Å². The monoisotopic (exact) mass is 183 g/mol. The lowest BCUT2D eigenvalue weighted by Gasteiger charge is -2.27. The summed E-state index contributed by atoms with van der Waals surface area (Å²) in [4.78, 5) is 10.5. The summed E-state index contributed by atoms with van der Waals surface area (Å²) in [5.41, 5.74) is -0.303. The van der Waals surface area contributed by atoms with Gasteiger partial charge in [-0.3, -0.25) is 0 Å². The van der Waals surface area contributed by atoms with E-state index < -0.39 is 6.09 Å². The molecule has 0 unspecified atom stereocenters. The standard InChI is InChI=1S/C10H17NO2/c1-10(2,11-9(12)13)7-8-5-3-4-6-8/h3-4,8,11H,5-7H2,1-2H3,(H,12,13). The first-order valence-electron chi connectivity index (χ1n) is 4.66. The molecule has 3 nitrogen and oxygen atoms in total. The Balaban J connectivity index is 2.36. The van der Waals surface area contributed by atoms with Gasteiger partial charge in [0.25, 0.3) is 0 Å². The molecule has 0 aromatic heterocycles. The Morgan fingerprint density at radius 3 is 2.54 bits per heavy atom. The molecule has 0 heterocycles. The van der Waals surface area contributed by atoms with Gasteiger partial charge in [0.15, 0.2) is 0 Å². The van der Waals surface area contributed by atoms with Crippen LogP contribution in [0.4, 0.5) is 4.79 Å². The van der Waals surface area contributed by atoms with Crippen LogP contribution in [0.1, 0.15) is 33.1 Å². The molecular weight excluding hydrogens is 166 g/mol. The third-order valence-electron chi connectivity index (χ3n) is 2.35. The van der Waals surface area contributed by atoms with E-state index in [1.54, 1.807) is 0 Å². The van der Waals surface area contributed by atoms with E-state index in [1.807, 2.05) is 13.8 Å². The molecule has 0 saturated heterocycles. The van der Waals surface area contributed by atoms with E-state index in [9.17, 15) is 4.79 Å². The zero-order valence-corrected chi connectivity index (χ0v) is 8.21. The van der Waals surface area contributed by atoms with Gasteiger partial charge in [0.05, 0.1) is 0 Å². The normalized spacial score (nSPS) is 17.7. The molecule has 0 aromatic carbocycles. The molecule has 1 rings (SSSR count). The summed E-state index contributed by atoms with van der Waals surface area (Å²) < 4.78 is 0. The van der Waals surface area contributed by atoms with Crippen LogP contribution in [-0.2, 0) is 0 Å². The van der Waals surface area contributed by atoms with Crippen LogP contribution in [0.15, 0.2) is 12.2 Å². The summed E-state index contributed by atoms with van der Waals surface area (Å²) in [6.45, 7) is 3.86. The molecular formula is C10H17NO2. The van der Waals surface area contributed by atoms with Crippen LogP contribution in [0.25, 0.3) is 0 Å². The van der Waals surface area contributed by atoms with Crippen molar-refractivity contribution in [3.8, 4) is 0 Å². The summed E-state index contributed by atoms with van der Waals surface area (Å²) in [6, 6.07) is 0. The Kier molecular flexibility index (Phi) is 2.96. The minimum atomic E-state index is -0.934. The maximum absolute atomic E-state index is 10.5. The van der Waals surface area contributed by atoms with Crippen LogP contribution in [0, 0.1) is 5.92 Å². The van der Waals surface area contributed by atoms with E-state index in [0.29, 0.717) is 5.92 Å². The highest BCUT2D eigenvalue weighted by atomic mass is 16.4. The first-order valence-corrected chi connectivity index (χ1v) is 4.66. The number of nitrogens with one attached hydrogen (secondary N) is 1. The number of amides is 1. The minimum absolute atomic E-state index is 0.303. The molecule has 0 radical (unpaired) electrons. The molecule has 1 aliphatic carbocycles. The average Bonchev–Trinajstić information content (AvgIpc) is 2.34. The van der Waals surface area contributed by atoms with Crippen molar-refractivity contribution < 1.29 is 9.90 Å². The Morgan fingerprint density at radius 1 is 1.54 bits per heavy atom. The molecule has 0 bridgehead atoms. The Morgan fingerprint density at radius 2 is 2.08 bits per heavy atom. The number of rotatable bonds is 3. The lowest BCUT2D eigenvalue weighted by atomic mass is 9.89. The molecule has 2 N–H and O–H groups in total. The zero-order chi connectivity index (χ0) is 9.90. The van der Waals surface area contributed by atoms with Crippen molar-refractivity contribution in [2.45, 2.75) is 38.6 Å². The Bertz CT molecular complexity index is 213. The molecule has 0 spiro atoms. The van der Waals surface area contributed by atoms with E-state index in [1.165, 1.54) is 0 Å². The number of carbonyl (C=O) groups is 1. The SMILES string of the molecule is CC(C)(CC1CC=CC1)NC(=O)O. The van der Waals surface area contributed by atoms with E-state index in [4.69, 9.17) is 5.11 Å². The van der Waals surface area contributed by atoms with Crippen molar-refractivity contribution in [3.63, 3.8) is 0 Å². The molecule has 1 aliphatic rings. The molecule has 3 heteroatoms. The van der Waals surface area contributed by atoms with Gasteiger partial charge in [0.1, 0.15) is 0 Å². The van der Waals surface area contributed by atoms with Crippen molar-refractivity contribution in [2.75, 3.05) is 0 Å². The molecule has 0 atom stereocenters. The van der Waals surface area contributed by atoms with Crippen molar-refractivity contribution in [3.05, 3.63) is 12.2 Å². The first-order chi connectivity index (χ1) is 5.99. The largest absolute Gasteiger partial charge is 0.465 e. The quantitative estimate of drug-likeness (QED) is 0.660. The third-order valence-corrected chi connectivity index (χ3v) is 2.35. The van der Waals surface area contributed by atoms with Crippen molar-refractivity contribution in [1.82, 2.24) is 5.32 Å². The fourth-order valence-electron chi connectivity index (χ4n) is 1.90. The van der Waals surface area contributed by atoms with Gasteiger partial charge in [-0.1, -0.05) is 12.2 Å². The molecule has 0 fully saturated rings. The number of allylic oxidation sites excluding steroid dienone is 2. The van der Waals surface area contributed by atoms with E-state index >= 15 is 0 Å². The number of hydrogen-bond acceptors (Lipinski definition) is 1. The Hall–Kier alpha value is -0.990. The topological polar surface area (TPSA) is 49.3 Å². The molecule has 13 heavy (non-hydrogen) atoms. The highest BCUT2D eigenvalue weighted by Gasteiger charge is 2.25. The van der Waals surface area contributed by atoms with Gasteiger partial charge in [0.2, 0.25) is 0 Å². The zero-order valence-electron chi connectivity index (χ0n) is 8.21. The highest BCUT2D eigenvalue weighted by molar-refractivity contribution is 5.65. The highest BCUT2D eigenvalue weighted by Crippen LogP contribution is 2.26. The molecule has 1 amide bonds. The van der Waals surface area contributed by atoms with Gasteiger partial charge in [-0.2, -0.15) is 0 Å². The molecule has 74 valence electrons. The average molecular weight is 183 g/mol. The van der Waals surface area contributed by atoms with E-state index in [0.717, 1.165) is 19.3 Å². The second-order valence-electron chi connectivity index (χ2n) is 4.33. The summed E-state index contributed by atoms with van der Waals surface area (Å²) >= 11 is 0. The van der Waals surface area contributed by atoms with E-state index in [2.05, 4.69) is 17.5 Å². The fourth-order valence-corrected chi connectivity index (χ4v) is 1.90. The van der Waals surface area contributed by atoms with Gasteiger partial charge < -0.3 is 10.4 Å². The van der Waals surface area contributed by atoms with Crippen molar-refractivity contribution in [2.24, 2.45) is 5.92 Å². The van der Waals surface area contributed by atoms with Crippen molar-refractivity contribution >= 4 is 6.09 Å². The first kappa shape index (κ1) is 10.1. The van der Waals surface area contributed by atoms with Crippen LogP contribution in [0.5, 0.6) is 0 Å². The molecule has 0 saturated carbocycles. The molecule has 0 aliphatic heterocycles.